The predicted molar refractivity (Wildman–Crippen MR) is 142 cm³/mol. The Bertz CT molecular complexity index is 1310. The quantitative estimate of drug-likeness (QED) is 0.464. The third-order valence-corrected chi connectivity index (χ3v) is 12.0. The van der Waals surface area contributed by atoms with Crippen LogP contribution in [0, 0.1) is 11.8 Å². The lowest BCUT2D eigenvalue weighted by molar-refractivity contribution is 0.287. The highest BCUT2D eigenvalue weighted by atomic mass is 32.2. The molecule has 10 heteroatoms. The van der Waals surface area contributed by atoms with Crippen LogP contribution in [0.2, 0.25) is 0 Å². The summed E-state index contributed by atoms with van der Waals surface area (Å²) in [6.07, 6.45) is 4.56. The molecule has 1 aliphatic carbocycles. The highest BCUT2D eigenvalue weighted by Crippen LogP contribution is 2.32. The van der Waals surface area contributed by atoms with Crippen LogP contribution in [0.5, 0.6) is 0 Å². The molecule has 0 atom stereocenters. The van der Waals surface area contributed by atoms with Crippen molar-refractivity contribution in [3.05, 3.63) is 58.7 Å². The van der Waals surface area contributed by atoms with Gasteiger partial charge in [0.05, 0.1) is 9.79 Å². The predicted octanol–water partition coefficient (Wildman–Crippen LogP) is 3.85. The van der Waals surface area contributed by atoms with E-state index in [9.17, 15) is 22.0 Å². The van der Waals surface area contributed by atoms with Crippen LogP contribution in [0.25, 0.3) is 0 Å². The molecule has 200 valence electrons. The Morgan fingerprint density at radius 1 is 0.703 bits per heavy atom. The second-order valence-electron chi connectivity index (χ2n) is 10.8. The maximum Gasteiger partial charge on any atom is 0.243 e. The first-order valence-corrected chi connectivity index (χ1v) is 16.0. The van der Waals surface area contributed by atoms with Gasteiger partial charge in [0.15, 0.2) is 0 Å². The normalized spacial score (nSPS) is 20.8. The number of benzene rings is 2. The molecule has 2 aromatic carbocycles. The van der Waals surface area contributed by atoms with Gasteiger partial charge in [0.25, 0.3) is 0 Å². The molecule has 0 radical (unpaired) electrons. The SMILES string of the molecule is CC1CCN(S(=O)(=O)c2ccc3c(c2)C(=NO)c2cc(S(=O)(=O)N4CCC(C)CC4)ccc2CC3)CC1. The largest absolute Gasteiger partial charge is 0.410 e. The van der Waals surface area contributed by atoms with Gasteiger partial charge in [-0.1, -0.05) is 31.1 Å². The van der Waals surface area contributed by atoms with E-state index in [-0.39, 0.29) is 15.5 Å². The van der Waals surface area contributed by atoms with Crippen LogP contribution in [-0.4, -0.2) is 62.5 Å². The fourth-order valence-corrected chi connectivity index (χ4v) is 8.57. The highest BCUT2D eigenvalue weighted by Gasteiger charge is 2.32. The molecule has 0 bridgehead atoms. The molecule has 3 aliphatic rings. The minimum atomic E-state index is -3.70. The molecule has 2 aliphatic heterocycles. The van der Waals surface area contributed by atoms with E-state index in [0.29, 0.717) is 62.0 Å². The first-order valence-electron chi connectivity index (χ1n) is 13.1. The van der Waals surface area contributed by atoms with Gasteiger partial charge in [-0.15, -0.1) is 0 Å². The molecule has 37 heavy (non-hydrogen) atoms. The van der Waals surface area contributed by atoms with Crippen LogP contribution in [0.1, 0.15) is 61.8 Å². The summed E-state index contributed by atoms with van der Waals surface area (Å²) in [6.45, 7) is 6.21. The van der Waals surface area contributed by atoms with Crippen LogP contribution in [-0.2, 0) is 32.9 Å². The van der Waals surface area contributed by atoms with Crippen molar-refractivity contribution in [2.75, 3.05) is 26.2 Å². The molecule has 2 fully saturated rings. The van der Waals surface area contributed by atoms with Crippen molar-refractivity contribution in [3.8, 4) is 0 Å². The smallest absolute Gasteiger partial charge is 0.243 e. The molecular weight excluding hydrogens is 510 g/mol. The van der Waals surface area contributed by atoms with E-state index in [4.69, 9.17) is 0 Å². The number of rotatable bonds is 4. The van der Waals surface area contributed by atoms with Gasteiger partial charge in [0.1, 0.15) is 5.71 Å². The Labute approximate surface area is 220 Å². The molecule has 2 aromatic rings. The molecule has 8 nitrogen and oxygen atoms in total. The number of nitrogens with zero attached hydrogens (tertiary/aromatic N) is 3. The second kappa shape index (κ2) is 10.1. The Kier molecular flexibility index (Phi) is 7.21. The average molecular weight is 546 g/mol. The minimum absolute atomic E-state index is 0.164. The third-order valence-electron chi connectivity index (χ3n) is 8.20. The Hall–Kier alpha value is -2.27. The molecule has 5 rings (SSSR count). The Balaban J connectivity index is 1.52. The monoisotopic (exact) mass is 545 g/mol. The summed E-state index contributed by atoms with van der Waals surface area (Å²) in [5.41, 5.74) is 2.98. The Morgan fingerprint density at radius 3 is 1.43 bits per heavy atom. The standard InChI is InChI=1S/C27H35N3O5S2/c1-19-9-13-29(14-10-19)36(32,33)23-7-5-21-3-4-22-6-8-24(18-26(22)27(28-31)25(21)17-23)37(34,35)30-15-11-20(2)12-16-30/h5-8,17-20,31H,3-4,9-16H2,1-2H3. The number of hydrogen-bond acceptors (Lipinski definition) is 6. The highest BCUT2D eigenvalue weighted by molar-refractivity contribution is 7.89. The molecule has 0 aromatic heterocycles. The maximum atomic E-state index is 13.4. The van der Waals surface area contributed by atoms with Crippen molar-refractivity contribution in [1.82, 2.24) is 8.61 Å². The number of aryl methyl sites for hydroxylation is 2. The first kappa shape index (κ1) is 26.3. The van der Waals surface area contributed by atoms with E-state index in [2.05, 4.69) is 19.0 Å². The van der Waals surface area contributed by atoms with Gasteiger partial charge in [-0.05, 0) is 85.8 Å². The van der Waals surface area contributed by atoms with E-state index in [1.807, 2.05) is 0 Å². The van der Waals surface area contributed by atoms with Crippen molar-refractivity contribution in [1.29, 1.82) is 0 Å². The summed E-state index contributed by atoms with van der Waals surface area (Å²) < 4.78 is 56.8. The zero-order chi connectivity index (χ0) is 26.4. The Morgan fingerprint density at radius 2 is 1.08 bits per heavy atom. The molecule has 0 amide bonds. The fraction of sp³-hybridized carbons (Fsp3) is 0.519. The summed E-state index contributed by atoms with van der Waals surface area (Å²) in [5, 5.41) is 13.7. The zero-order valence-electron chi connectivity index (χ0n) is 21.4. The number of fused-ring (bicyclic) bond motifs is 2. The van der Waals surface area contributed by atoms with Gasteiger partial charge in [-0.3, -0.25) is 0 Å². The van der Waals surface area contributed by atoms with Crippen molar-refractivity contribution in [2.24, 2.45) is 17.0 Å². The maximum absolute atomic E-state index is 13.4. The van der Waals surface area contributed by atoms with Crippen LogP contribution in [0.3, 0.4) is 0 Å². The van der Waals surface area contributed by atoms with Crippen LogP contribution in [0.15, 0.2) is 51.3 Å². The summed E-state index contributed by atoms with van der Waals surface area (Å²) >= 11 is 0. The topological polar surface area (TPSA) is 107 Å². The molecule has 0 spiro atoms. The summed E-state index contributed by atoms with van der Waals surface area (Å²) in [6, 6.07) is 10.0. The van der Waals surface area contributed by atoms with Gasteiger partial charge in [-0.25, -0.2) is 16.8 Å². The van der Waals surface area contributed by atoms with Gasteiger partial charge in [0, 0.05) is 37.3 Å². The van der Waals surface area contributed by atoms with Crippen molar-refractivity contribution in [2.45, 2.75) is 62.2 Å². The molecule has 2 heterocycles. The van der Waals surface area contributed by atoms with E-state index in [1.165, 1.54) is 8.61 Å². The van der Waals surface area contributed by atoms with Gasteiger partial charge in [0.2, 0.25) is 20.0 Å². The van der Waals surface area contributed by atoms with Gasteiger partial charge in [-0.2, -0.15) is 8.61 Å². The number of oxime groups is 1. The third kappa shape index (κ3) is 4.96. The number of hydrogen-bond donors (Lipinski definition) is 1. The first-order chi connectivity index (χ1) is 17.6. The summed E-state index contributed by atoms with van der Waals surface area (Å²) in [5.74, 6) is 1.00. The molecule has 0 unspecified atom stereocenters. The van der Waals surface area contributed by atoms with E-state index < -0.39 is 20.0 Å². The fourth-order valence-electron chi connectivity index (χ4n) is 5.58. The van der Waals surface area contributed by atoms with E-state index in [0.717, 1.165) is 36.8 Å². The molecular formula is C27H35N3O5S2. The number of sulfonamides is 2. The molecule has 0 saturated carbocycles. The minimum Gasteiger partial charge on any atom is -0.410 e. The lowest BCUT2D eigenvalue weighted by atomic mass is 9.98. The van der Waals surface area contributed by atoms with E-state index in [1.54, 1.807) is 36.4 Å². The van der Waals surface area contributed by atoms with Crippen molar-refractivity contribution >= 4 is 25.8 Å². The molecule has 1 N–H and O–H groups in total. The summed E-state index contributed by atoms with van der Waals surface area (Å²) in [4.78, 5) is 0.327. The second-order valence-corrected chi connectivity index (χ2v) is 14.6. The van der Waals surface area contributed by atoms with Gasteiger partial charge >= 0.3 is 0 Å². The number of piperidine rings is 2. The van der Waals surface area contributed by atoms with Crippen LogP contribution < -0.4 is 0 Å². The average Bonchev–Trinajstić information content (AvgIpc) is 3.04. The summed E-state index contributed by atoms with van der Waals surface area (Å²) in [7, 11) is -7.39. The lowest BCUT2D eigenvalue weighted by Crippen LogP contribution is -2.38. The van der Waals surface area contributed by atoms with E-state index >= 15 is 0 Å². The van der Waals surface area contributed by atoms with Crippen molar-refractivity contribution < 1.29 is 22.0 Å². The van der Waals surface area contributed by atoms with Gasteiger partial charge < -0.3 is 5.21 Å². The zero-order valence-corrected chi connectivity index (χ0v) is 23.1. The van der Waals surface area contributed by atoms with Crippen molar-refractivity contribution in [3.63, 3.8) is 0 Å². The molecule has 2 saturated heterocycles. The van der Waals surface area contributed by atoms with Crippen LogP contribution in [0.4, 0.5) is 0 Å². The lowest BCUT2D eigenvalue weighted by Gasteiger charge is -2.29. The van der Waals surface area contributed by atoms with Crippen LogP contribution >= 0.6 is 0 Å².